The third-order valence-corrected chi connectivity index (χ3v) is 4.04. The molecule has 1 fully saturated rings. The first kappa shape index (κ1) is 12.6. The van der Waals surface area contributed by atoms with Crippen LogP contribution in [-0.4, -0.2) is 44.6 Å². The average Bonchev–Trinajstić information content (AvgIpc) is 3.09. The minimum Gasteiger partial charge on any atom is -0.485 e. The Kier molecular flexibility index (Phi) is 3.19. The van der Waals surface area contributed by atoms with Gasteiger partial charge in [0.15, 0.2) is 11.6 Å². The Bertz CT molecular complexity index is 595. The molecule has 0 aromatic carbocycles. The van der Waals surface area contributed by atoms with Gasteiger partial charge in [0.2, 0.25) is 0 Å². The molecule has 0 amide bonds. The quantitative estimate of drug-likeness (QED) is 0.903. The summed E-state index contributed by atoms with van der Waals surface area (Å²) in [6, 6.07) is 0.0282. The zero-order valence-corrected chi connectivity index (χ0v) is 11.8. The topological polar surface area (TPSA) is 70.2 Å². The van der Waals surface area contributed by atoms with Gasteiger partial charge >= 0.3 is 0 Å². The van der Waals surface area contributed by atoms with Gasteiger partial charge < -0.3 is 9.72 Å². The first-order valence-electron chi connectivity index (χ1n) is 7.39. The summed E-state index contributed by atoms with van der Waals surface area (Å²) in [4.78, 5) is 16.1. The van der Waals surface area contributed by atoms with Gasteiger partial charge in [-0.2, -0.15) is 0 Å². The lowest BCUT2D eigenvalue weighted by Gasteiger charge is -2.44. The van der Waals surface area contributed by atoms with Gasteiger partial charge in [0.05, 0.1) is 6.20 Å². The standard InChI is InChI=1S/C14H18N6O/c1-2-6-19(7-3-1)20-11(13-16-4-5-17-13)9-21-12-8-15-10-18-14(12)20/h4-5,8,10-11H,1-3,6-7,9H2,(H,16,17). The molecule has 4 rings (SSSR count). The summed E-state index contributed by atoms with van der Waals surface area (Å²) in [5.74, 6) is 2.48. The summed E-state index contributed by atoms with van der Waals surface area (Å²) in [6.45, 7) is 2.63. The highest BCUT2D eigenvalue weighted by atomic mass is 16.5. The van der Waals surface area contributed by atoms with E-state index in [2.05, 4.69) is 30.0 Å². The number of ether oxygens (including phenoxy) is 1. The number of anilines is 1. The number of hydrogen-bond acceptors (Lipinski definition) is 6. The predicted molar refractivity (Wildman–Crippen MR) is 76.8 cm³/mol. The Balaban J connectivity index is 1.74. The van der Waals surface area contributed by atoms with Crippen molar-refractivity contribution in [3.05, 3.63) is 30.7 Å². The molecular weight excluding hydrogens is 268 g/mol. The van der Waals surface area contributed by atoms with Crippen molar-refractivity contribution in [2.45, 2.75) is 25.3 Å². The Hall–Kier alpha value is -2.15. The van der Waals surface area contributed by atoms with E-state index in [1.807, 2.05) is 6.20 Å². The molecule has 1 atom stereocenters. The maximum absolute atomic E-state index is 5.83. The number of piperidine rings is 1. The number of H-pyrrole nitrogens is 1. The molecule has 0 saturated carbocycles. The zero-order chi connectivity index (χ0) is 14.1. The molecule has 2 aromatic rings. The van der Waals surface area contributed by atoms with E-state index in [1.165, 1.54) is 19.3 Å². The van der Waals surface area contributed by atoms with Crippen LogP contribution in [0.2, 0.25) is 0 Å². The van der Waals surface area contributed by atoms with Crippen LogP contribution in [-0.2, 0) is 0 Å². The highest BCUT2D eigenvalue weighted by molar-refractivity contribution is 5.53. The summed E-state index contributed by atoms with van der Waals surface area (Å²) < 4.78 is 5.83. The van der Waals surface area contributed by atoms with E-state index >= 15 is 0 Å². The van der Waals surface area contributed by atoms with Crippen LogP contribution < -0.4 is 9.75 Å². The molecule has 0 radical (unpaired) electrons. The lowest BCUT2D eigenvalue weighted by atomic mass is 10.1. The van der Waals surface area contributed by atoms with Crippen LogP contribution in [0.1, 0.15) is 31.1 Å². The fourth-order valence-electron chi connectivity index (χ4n) is 3.05. The molecule has 7 heteroatoms. The highest BCUT2D eigenvalue weighted by Gasteiger charge is 2.36. The Morgan fingerprint density at radius 2 is 2.10 bits per heavy atom. The van der Waals surface area contributed by atoms with Gasteiger partial charge in [0.1, 0.15) is 24.8 Å². The maximum atomic E-state index is 5.83. The van der Waals surface area contributed by atoms with Crippen molar-refractivity contribution in [1.29, 1.82) is 0 Å². The summed E-state index contributed by atoms with van der Waals surface area (Å²) in [6.07, 6.45) is 10.6. The molecule has 1 unspecified atom stereocenters. The molecular formula is C14H18N6O. The maximum Gasteiger partial charge on any atom is 0.189 e. The van der Waals surface area contributed by atoms with Gasteiger partial charge in [0.25, 0.3) is 0 Å². The van der Waals surface area contributed by atoms with Crippen LogP contribution in [0, 0.1) is 0 Å². The van der Waals surface area contributed by atoms with Gasteiger partial charge in [-0.1, -0.05) is 6.42 Å². The SMILES string of the molecule is c1c[nH]c(C2COc3cncnc3N2N2CCCCC2)n1. The number of aromatic nitrogens is 4. The van der Waals surface area contributed by atoms with E-state index in [-0.39, 0.29) is 6.04 Å². The summed E-state index contributed by atoms with van der Waals surface area (Å²) in [7, 11) is 0. The number of hydrogen-bond donors (Lipinski definition) is 1. The van der Waals surface area contributed by atoms with Gasteiger partial charge in [0, 0.05) is 25.5 Å². The van der Waals surface area contributed by atoms with Crippen molar-refractivity contribution in [3.8, 4) is 5.75 Å². The van der Waals surface area contributed by atoms with E-state index in [4.69, 9.17) is 4.74 Å². The molecule has 0 aliphatic carbocycles. The normalized spacial score (nSPS) is 22.7. The molecule has 0 spiro atoms. The van der Waals surface area contributed by atoms with Crippen molar-refractivity contribution in [2.24, 2.45) is 0 Å². The van der Waals surface area contributed by atoms with Crippen LogP contribution in [0.4, 0.5) is 5.82 Å². The first-order chi connectivity index (χ1) is 10.4. The van der Waals surface area contributed by atoms with Crippen LogP contribution >= 0.6 is 0 Å². The summed E-state index contributed by atoms with van der Waals surface area (Å²) in [5.41, 5.74) is 0. The Morgan fingerprint density at radius 3 is 2.90 bits per heavy atom. The minimum absolute atomic E-state index is 0.0282. The molecule has 4 heterocycles. The largest absolute Gasteiger partial charge is 0.485 e. The fourth-order valence-corrected chi connectivity index (χ4v) is 3.05. The summed E-state index contributed by atoms with van der Waals surface area (Å²) in [5, 5.41) is 4.60. The number of hydrazine groups is 1. The van der Waals surface area contributed by atoms with E-state index < -0.39 is 0 Å². The predicted octanol–water partition coefficient (Wildman–Crippen LogP) is 1.54. The summed E-state index contributed by atoms with van der Waals surface area (Å²) >= 11 is 0. The van der Waals surface area contributed by atoms with Crippen molar-refractivity contribution >= 4 is 5.82 Å². The third kappa shape index (κ3) is 2.23. The molecule has 1 N–H and O–H groups in total. The van der Waals surface area contributed by atoms with E-state index in [0.29, 0.717) is 6.61 Å². The highest BCUT2D eigenvalue weighted by Crippen LogP contribution is 2.37. The Morgan fingerprint density at radius 1 is 1.19 bits per heavy atom. The van der Waals surface area contributed by atoms with Crippen LogP contribution in [0.3, 0.4) is 0 Å². The third-order valence-electron chi connectivity index (χ3n) is 4.04. The number of nitrogens with one attached hydrogen (secondary N) is 1. The molecule has 0 bridgehead atoms. The number of nitrogens with zero attached hydrogens (tertiary/aromatic N) is 5. The molecule has 2 aromatic heterocycles. The lowest BCUT2D eigenvalue weighted by Crippen LogP contribution is -2.51. The number of aromatic amines is 1. The van der Waals surface area contributed by atoms with E-state index in [1.54, 1.807) is 18.7 Å². The van der Waals surface area contributed by atoms with Crippen molar-refractivity contribution in [3.63, 3.8) is 0 Å². The van der Waals surface area contributed by atoms with Gasteiger partial charge in [-0.25, -0.2) is 20.0 Å². The molecule has 110 valence electrons. The smallest absolute Gasteiger partial charge is 0.189 e. The number of imidazole rings is 1. The second-order valence-corrected chi connectivity index (χ2v) is 5.37. The Labute approximate surface area is 123 Å². The van der Waals surface area contributed by atoms with Gasteiger partial charge in [-0.3, -0.25) is 5.01 Å². The van der Waals surface area contributed by atoms with Crippen LogP contribution in [0.5, 0.6) is 5.75 Å². The van der Waals surface area contributed by atoms with Crippen molar-refractivity contribution in [2.75, 3.05) is 24.7 Å². The van der Waals surface area contributed by atoms with Gasteiger partial charge in [-0.15, -0.1) is 0 Å². The fraction of sp³-hybridized carbons (Fsp3) is 0.500. The van der Waals surface area contributed by atoms with Crippen molar-refractivity contribution in [1.82, 2.24) is 24.9 Å². The molecule has 21 heavy (non-hydrogen) atoms. The second-order valence-electron chi connectivity index (χ2n) is 5.37. The van der Waals surface area contributed by atoms with E-state index in [0.717, 1.165) is 30.5 Å². The van der Waals surface area contributed by atoms with Crippen molar-refractivity contribution < 1.29 is 4.74 Å². The number of fused-ring (bicyclic) bond motifs is 1. The average molecular weight is 286 g/mol. The zero-order valence-electron chi connectivity index (χ0n) is 11.8. The van der Waals surface area contributed by atoms with E-state index in [9.17, 15) is 0 Å². The molecule has 1 saturated heterocycles. The molecule has 7 nitrogen and oxygen atoms in total. The monoisotopic (exact) mass is 286 g/mol. The molecule has 2 aliphatic rings. The van der Waals surface area contributed by atoms with Crippen LogP contribution in [0.25, 0.3) is 0 Å². The van der Waals surface area contributed by atoms with Crippen LogP contribution in [0.15, 0.2) is 24.9 Å². The molecule has 2 aliphatic heterocycles. The number of rotatable bonds is 2. The minimum atomic E-state index is 0.0282. The second kappa shape index (κ2) is 5.33. The first-order valence-corrected chi connectivity index (χ1v) is 7.39. The lowest BCUT2D eigenvalue weighted by molar-refractivity contribution is 0.138. The van der Waals surface area contributed by atoms with Gasteiger partial charge in [-0.05, 0) is 12.8 Å².